The highest BCUT2D eigenvalue weighted by Gasteiger charge is 1.98. The molecular weight excluding hydrogens is 244 g/mol. The molecule has 0 spiro atoms. The molecule has 94 valence electrons. The van der Waals surface area contributed by atoms with Crippen LogP contribution >= 0.6 is 11.8 Å². The first-order chi connectivity index (χ1) is 8.81. The number of aromatic nitrogens is 1. The van der Waals surface area contributed by atoms with Crippen LogP contribution in [0.25, 0.3) is 0 Å². The predicted octanol–water partition coefficient (Wildman–Crippen LogP) is 3.42. The first-order valence-electron chi connectivity index (χ1n) is 5.71. The Morgan fingerprint density at radius 1 is 1.17 bits per heavy atom. The number of nitrogens with zero attached hydrogens (tertiary/aromatic N) is 1. The van der Waals surface area contributed by atoms with Crippen LogP contribution < -0.4 is 10.1 Å². The fourth-order valence-electron chi connectivity index (χ4n) is 1.50. The summed E-state index contributed by atoms with van der Waals surface area (Å²) in [6.07, 6.45) is 1.91. The number of hydrogen-bond acceptors (Lipinski definition) is 4. The summed E-state index contributed by atoms with van der Waals surface area (Å²) in [5, 5.41) is 3.01. The first kappa shape index (κ1) is 12.8. The maximum Gasteiger partial charge on any atom is 0.125 e. The minimum Gasteiger partial charge on any atom is -0.497 e. The maximum absolute atomic E-state index is 5.13. The highest BCUT2D eigenvalue weighted by Crippen LogP contribution is 2.24. The van der Waals surface area contributed by atoms with Crippen LogP contribution in [0.1, 0.15) is 5.56 Å². The number of ether oxygens (including phenoxy) is 1. The SMILES string of the molecule is CNc1ccc(CSc2ccc(OC)cc2)cn1. The van der Waals surface area contributed by atoms with Gasteiger partial charge in [-0.2, -0.15) is 0 Å². The third-order valence-electron chi connectivity index (χ3n) is 2.55. The number of benzene rings is 1. The number of pyridine rings is 1. The molecule has 0 fully saturated rings. The van der Waals surface area contributed by atoms with E-state index < -0.39 is 0 Å². The van der Waals surface area contributed by atoms with Gasteiger partial charge in [0.15, 0.2) is 0 Å². The van der Waals surface area contributed by atoms with Gasteiger partial charge in [0.1, 0.15) is 11.6 Å². The molecule has 3 nitrogen and oxygen atoms in total. The topological polar surface area (TPSA) is 34.1 Å². The van der Waals surface area contributed by atoms with Gasteiger partial charge in [-0.1, -0.05) is 6.07 Å². The van der Waals surface area contributed by atoms with Gasteiger partial charge in [-0.3, -0.25) is 0 Å². The molecule has 2 aromatic rings. The number of methoxy groups -OCH3 is 1. The van der Waals surface area contributed by atoms with E-state index in [4.69, 9.17) is 4.74 Å². The number of nitrogens with one attached hydrogen (secondary N) is 1. The van der Waals surface area contributed by atoms with Crippen molar-refractivity contribution < 1.29 is 4.74 Å². The molecule has 0 saturated heterocycles. The van der Waals surface area contributed by atoms with Crippen molar-refractivity contribution in [2.45, 2.75) is 10.6 Å². The lowest BCUT2D eigenvalue weighted by molar-refractivity contribution is 0.414. The van der Waals surface area contributed by atoms with E-state index in [-0.39, 0.29) is 0 Å². The lowest BCUT2D eigenvalue weighted by Gasteiger charge is -2.04. The van der Waals surface area contributed by atoms with Gasteiger partial charge in [-0.05, 0) is 35.9 Å². The molecule has 18 heavy (non-hydrogen) atoms. The van der Waals surface area contributed by atoms with E-state index in [0.29, 0.717) is 0 Å². The standard InChI is InChI=1S/C14H16N2OS/c1-15-14-8-3-11(9-16-14)10-18-13-6-4-12(17-2)5-7-13/h3-9H,10H2,1-2H3,(H,15,16). The Morgan fingerprint density at radius 3 is 2.50 bits per heavy atom. The number of thioether (sulfide) groups is 1. The van der Waals surface area contributed by atoms with Gasteiger partial charge in [-0.15, -0.1) is 11.8 Å². The fraction of sp³-hybridized carbons (Fsp3) is 0.214. The molecule has 2 rings (SSSR count). The van der Waals surface area contributed by atoms with Crippen LogP contribution in [0.5, 0.6) is 5.75 Å². The lowest BCUT2D eigenvalue weighted by atomic mass is 10.3. The van der Waals surface area contributed by atoms with Gasteiger partial charge < -0.3 is 10.1 Å². The Labute approximate surface area is 112 Å². The van der Waals surface area contributed by atoms with E-state index in [9.17, 15) is 0 Å². The van der Waals surface area contributed by atoms with Crippen LogP contribution in [0.4, 0.5) is 5.82 Å². The molecule has 0 aliphatic carbocycles. The average Bonchev–Trinajstić information content (AvgIpc) is 2.46. The Kier molecular flexibility index (Phi) is 4.47. The predicted molar refractivity (Wildman–Crippen MR) is 76.3 cm³/mol. The van der Waals surface area contributed by atoms with Gasteiger partial charge in [-0.25, -0.2) is 4.98 Å². The third kappa shape index (κ3) is 3.40. The zero-order valence-corrected chi connectivity index (χ0v) is 11.3. The minimum absolute atomic E-state index is 0.888. The minimum atomic E-state index is 0.888. The molecular formula is C14H16N2OS. The molecule has 1 heterocycles. The fourth-order valence-corrected chi connectivity index (χ4v) is 2.33. The van der Waals surface area contributed by atoms with Crippen LogP contribution in [0.2, 0.25) is 0 Å². The summed E-state index contributed by atoms with van der Waals surface area (Å²) in [5.74, 6) is 2.70. The quantitative estimate of drug-likeness (QED) is 0.835. The van der Waals surface area contributed by atoms with Crippen molar-refractivity contribution in [3.8, 4) is 5.75 Å². The molecule has 0 radical (unpaired) electrons. The molecule has 0 amide bonds. The van der Waals surface area contributed by atoms with E-state index in [1.165, 1.54) is 10.5 Å². The molecule has 1 aromatic carbocycles. The van der Waals surface area contributed by atoms with Crippen LogP contribution in [-0.2, 0) is 5.75 Å². The largest absolute Gasteiger partial charge is 0.497 e. The molecule has 1 aromatic heterocycles. The van der Waals surface area contributed by atoms with E-state index in [0.717, 1.165) is 17.3 Å². The van der Waals surface area contributed by atoms with E-state index >= 15 is 0 Å². The van der Waals surface area contributed by atoms with Crippen LogP contribution in [0.15, 0.2) is 47.5 Å². The summed E-state index contributed by atoms with van der Waals surface area (Å²) in [7, 11) is 3.55. The van der Waals surface area contributed by atoms with Crippen molar-refractivity contribution in [2.75, 3.05) is 19.5 Å². The molecule has 0 aliphatic heterocycles. The Balaban J connectivity index is 1.93. The lowest BCUT2D eigenvalue weighted by Crippen LogP contribution is -1.92. The van der Waals surface area contributed by atoms with Crippen molar-refractivity contribution >= 4 is 17.6 Å². The summed E-state index contributed by atoms with van der Waals surface area (Å²) in [4.78, 5) is 5.52. The van der Waals surface area contributed by atoms with Gasteiger partial charge in [0.05, 0.1) is 7.11 Å². The summed E-state index contributed by atoms with van der Waals surface area (Å²) >= 11 is 1.79. The van der Waals surface area contributed by atoms with Crippen molar-refractivity contribution in [2.24, 2.45) is 0 Å². The van der Waals surface area contributed by atoms with E-state index in [1.54, 1.807) is 18.9 Å². The zero-order valence-electron chi connectivity index (χ0n) is 10.5. The molecule has 0 saturated carbocycles. The monoisotopic (exact) mass is 260 g/mol. The van der Waals surface area contributed by atoms with Gasteiger partial charge >= 0.3 is 0 Å². The van der Waals surface area contributed by atoms with Gasteiger partial charge in [0, 0.05) is 23.9 Å². The molecule has 4 heteroatoms. The Bertz CT molecular complexity index is 435. The average molecular weight is 260 g/mol. The van der Waals surface area contributed by atoms with E-state index in [1.807, 2.05) is 31.4 Å². The molecule has 1 N–H and O–H groups in total. The normalized spacial score (nSPS) is 10.1. The second kappa shape index (κ2) is 6.31. The van der Waals surface area contributed by atoms with Crippen molar-refractivity contribution in [1.82, 2.24) is 4.98 Å². The van der Waals surface area contributed by atoms with Gasteiger partial charge in [0.2, 0.25) is 0 Å². The highest BCUT2D eigenvalue weighted by molar-refractivity contribution is 7.98. The first-order valence-corrected chi connectivity index (χ1v) is 6.70. The molecule has 0 atom stereocenters. The van der Waals surface area contributed by atoms with Crippen LogP contribution in [-0.4, -0.2) is 19.1 Å². The third-order valence-corrected chi connectivity index (χ3v) is 3.63. The van der Waals surface area contributed by atoms with Crippen molar-refractivity contribution in [1.29, 1.82) is 0 Å². The maximum atomic E-state index is 5.13. The second-order valence-electron chi connectivity index (χ2n) is 3.77. The van der Waals surface area contributed by atoms with Crippen LogP contribution in [0, 0.1) is 0 Å². The zero-order chi connectivity index (χ0) is 12.8. The van der Waals surface area contributed by atoms with Crippen LogP contribution in [0.3, 0.4) is 0 Å². The number of hydrogen-bond donors (Lipinski definition) is 1. The number of rotatable bonds is 5. The summed E-state index contributed by atoms with van der Waals surface area (Å²) < 4.78 is 5.13. The smallest absolute Gasteiger partial charge is 0.125 e. The summed E-state index contributed by atoms with van der Waals surface area (Å²) in [6, 6.07) is 12.2. The molecule has 0 bridgehead atoms. The molecule has 0 unspecified atom stereocenters. The Morgan fingerprint density at radius 2 is 1.94 bits per heavy atom. The summed E-state index contributed by atoms with van der Waals surface area (Å²) in [6.45, 7) is 0. The highest BCUT2D eigenvalue weighted by atomic mass is 32.2. The summed E-state index contributed by atoms with van der Waals surface area (Å²) in [5.41, 5.74) is 1.22. The number of anilines is 1. The van der Waals surface area contributed by atoms with Crippen molar-refractivity contribution in [3.63, 3.8) is 0 Å². The van der Waals surface area contributed by atoms with E-state index in [2.05, 4.69) is 28.5 Å². The van der Waals surface area contributed by atoms with Gasteiger partial charge in [0.25, 0.3) is 0 Å². The van der Waals surface area contributed by atoms with Crippen molar-refractivity contribution in [3.05, 3.63) is 48.2 Å². The second-order valence-corrected chi connectivity index (χ2v) is 4.81. The Hall–Kier alpha value is -1.68. The molecule has 0 aliphatic rings.